The predicted octanol–water partition coefficient (Wildman–Crippen LogP) is 2.44. The van der Waals surface area contributed by atoms with Crippen molar-refractivity contribution in [3.05, 3.63) is 39.3 Å². The average Bonchev–Trinajstić information content (AvgIpc) is 2.93. The number of hydrogen-bond donors (Lipinski definition) is 1. The Kier molecular flexibility index (Phi) is 2.76. The van der Waals surface area contributed by atoms with Crippen molar-refractivity contribution in [2.24, 2.45) is 7.05 Å². The summed E-state index contributed by atoms with van der Waals surface area (Å²) in [4.78, 5) is 2.52. The number of fused-ring (bicyclic) bond motifs is 1. The molecule has 0 bridgehead atoms. The van der Waals surface area contributed by atoms with Gasteiger partial charge in [-0.3, -0.25) is 4.68 Å². The molecule has 2 aromatic heterocycles. The van der Waals surface area contributed by atoms with E-state index in [-0.39, 0.29) is 0 Å². The molecular formula is C13H16N2OS. The van der Waals surface area contributed by atoms with E-state index in [0.717, 1.165) is 10.6 Å². The summed E-state index contributed by atoms with van der Waals surface area (Å²) in [5.41, 5.74) is 2.31. The molecule has 1 aliphatic rings. The largest absolute Gasteiger partial charge is 0.381 e. The van der Waals surface area contributed by atoms with Gasteiger partial charge in [-0.05, 0) is 43.4 Å². The molecular weight excluding hydrogens is 232 g/mol. The van der Waals surface area contributed by atoms with Gasteiger partial charge in [-0.2, -0.15) is 5.10 Å². The number of rotatable bonds is 2. The lowest BCUT2D eigenvalue weighted by Crippen LogP contribution is -2.05. The number of aliphatic hydroxyl groups excluding tert-OH is 1. The Morgan fingerprint density at radius 2 is 2.24 bits per heavy atom. The second-order valence-corrected chi connectivity index (χ2v) is 5.75. The minimum absolute atomic E-state index is 0.530. The fourth-order valence-electron chi connectivity index (χ4n) is 2.45. The summed E-state index contributed by atoms with van der Waals surface area (Å²) in [6, 6.07) is 4.06. The van der Waals surface area contributed by atoms with Gasteiger partial charge < -0.3 is 5.11 Å². The number of thiophene rings is 1. The molecule has 0 spiro atoms. The highest BCUT2D eigenvalue weighted by Gasteiger charge is 2.20. The molecule has 2 aromatic rings. The Labute approximate surface area is 105 Å². The Bertz CT molecular complexity index is 506. The van der Waals surface area contributed by atoms with Crippen LogP contribution in [0.1, 0.15) is 40.0 Å². The second-order valence-electron chi connectivity index (χ2n) is 4.59. The molecule has 1 atom stereocenters. The van der Waals surface area contributed by atoms with Gasteiger partial charge in [0, 0.05) is 23.0 Å². The van der Waals surface area contributed by atoms with Crippen LogP contribution in [0.4, 0.5) is 0 Å². The maximum Gasteiger partial charge on any atom is 0.130 e. The number of aliphatic hydroxyl groups is 1. The van der Waals surface area contributed by atoms with Crippen LogP contribution >= 0.6 is 11.3 Å². The van der Waals surface area contributed by atoms with Crippen LogP contribution in [-0.4, -0.2) is 14.9 Å². The summed E-state index contributed by atoms with van der Waals surface area (Å²) in [7, 11) is 1.87. The minimum atomic E-state index is -0.530. The lowest BCUT2D eigenvalue weighted by molar-refractivity contribution is 0.213. The first-order valence-corrected chi connectivity index (χ1v) is 6.85. The smallest absolute Gasteiger partial charge is 0.130 e. The van der Waals surface area contributed by atoms with Gasteiger partial charge in [-0.1, -0.05) is 0 Å². The number of aryl methyl sites for hydroxylation is 3. The van der Waals surface area contributed by atoms with Crippen LogP contribution in [0.2, 0.25) is 0 Å². The third kappa shape index (κ3) is 1.91. The van der Waals surface area contributed by atoms with E-state index >= 15 is 0 Å². The Morgan fingerprint density at radius 3 is 2.94 bits per heavy atom. The molecule has 0 saturated carbocycles. The first kappa shape index (κ1) is 11.0. The SMILES string of the molecule is Cn1nccc1C(O)c1cc2c(s1)CCCC2. The summed E-state index contributed by atoms with van der Waals surface area (Å²) >= 11 is 1.76. The van der Waals surface area contributed by atoms with E-state index < -0.39 is 6.10 Å². The monoisotopic (exact) mass is 248 g/mol. The van der Waals surface area contributed by atoms with Gasteiger partial charge in [0.1, 0.15) is 6.10 Å². The summed E-state index contributed by atoms with van der Waals surface area (Å²) in [5, 5.41) is 14.5. The fourth-order valence-corrected chi connectivity index (χ4v) is 3.70. The van der Waals surface area contributed by atoms with Crippen molar-refractivity contribution in [2.75, 3.05) is 0 Å². The van der Waals surface area contributed by atoms with E-state index in [1.807, 2.05) is 13.1 Å². The lowest BCUT2D eigenvalue weighted by Gasteiger charge is -2.08. The highest BCUT2D eigenvalue weighted by Crippen LogP contribution is 2.34. The normalized spacial score (nSPS) is 16.8. The van der Waals surface area contributed by atoms with E-state index in [1.54, 1.807) is 22.2 Å². The quantitative estimate of drug-likeness (QED) is 0.886. The predicted molar refractivity (Wildman–Crippen MR) is 68.2 cm³/mol. The van der Waals surface area contributed by atoms with Gasteiger partial charge >= 0.3 is 0 Å². The highest BCUT2D eigenvalue weighted by atomic mass is 32.1. The first-order valence-electron chi connectivity index (χ1n) is 6.03. The molecule has 0 aromatic carbocycles. The fraction of sp³-hybridized carbons (Fsp3) is 0.462. The summed E-state index contributed by atoms with van der Waals surface area (Å²) < 4.78 is 1.74. The van der Waals surface area contributed by atoms with Crippen molar-refractivity contribution in [3.63, 3.8) is 0 Å². The number of aromatic nitrogens is 2. The minimum Gasteiger partial charge on any atom is -0.381 e. The molecule has 1 unspecified atom stereocenters. The van der Waals surface area contributed by atoms with Crippen molar-refractivity contribution in [2.45, 2.75) is 31.8 Å². The Balaban J connectivity index is 1.94. The van der Waals surface area contributed by atoms with Crippen molar-refractivity contribution >= 4 is 11.3 Å². The van der Waals surface area contributed by atoms with Crippen molar-refractivity contribution in [1.29, 1.82) is 0 Å². The summed E-state index contributed by atoms with van der Waals surface area (Å²) in [5.74, 6) is 0. The molecule has 1 N–H and O–H groups in total. The van der Waals surface area contributed by atoms with Crippen LogP contribution in [0.5, 0.6) is 0 Å². The first-order chi connectivity index (χ1) is 8.25. The van der Waals surface area contributed by atoms with Crippen LogP contribution in [-0.2, 0) is 19.9 Å². The van der Waals surface area contributed by atoms with Crippen LogP contribution in [0, 0.1) is 0 Å². The average molecular weight is 248 g/mol. The molecule has 2 heterocycles. The number of nitrogens with zero attached hydrogens (tertiary/aromatic N) is 2. The lowest BCUT2D eigenvalue weighted by atomic mass is 9.99. The second kappa shape index (κ2) is 4.27. The van der Waals surface area contributed by atoms with Gasteiger partial charge in [0.05, 0.1) is 5.69 Å². The molecule has 3 nitrogen and oxygen atoms in total. The van der Waals surface area contributed by atoms with Crippen molar-refractivity contribution < 1.29 is 5.11 Å². The van der Waals surface area contributed by atoms with Gasteiger partial charge in [0.15, 0.2) is 0 Å². The zero-order chi connectivity index (χ0) is 11.8. The number of hydrogen-bond acceptors (Lipinski definition) is 3. The highest BCUT2D eigenvalue weighted by molar-refractivity contribution is 7.12. The van der Waals surface area contributed by atoms with Crippen LogP contribution in [0.3, 0.4) is 0 Å². The summed E-state index contributed by atoms with van der Waals surface area (Å²) in [6.07, 6.45) is 6.12. The molecule has 1 aliphatic carbocycles. The topological polar surface area (TPSA) is 38.0 Å². The third-order valence-electron chi connectivity index (χ3n) is 3.42. The van der Waals surface area contributed by atoms with E-state index in [0.29, 0.717) is 0 Å². The van der Waals surface area contributed by atoms with E-state index in [2.05, 4.69) is 11.2 Å². The maximum absolute atomic E-state index is 10.4. The Hall–Kier alpha value is -1.13. The molecule has 0 radical (unpaired) electrons. The molecule has 17 heavy (non-hydrogen) atoms. The Morgan fingerprint density at radius 1 is 1.41 bits per heavy atom. The molecule has 0 amide bonds. The van der Waals surface area contributed by atoms with Crippen LogP contribution < -0.4 is 0 Å². The van der Waals surface area contributed by atoms with Gasteiger partial charge in [-0.25, -0.2) is 0 Å². The maximum atomic E-state index is 10.4. The zero-order valence-electron chi connectivity index (χ0n) is 9.89. The molecule has 0 aliphatic heterocycles. The molecule has 90 valence electrons. The zero-order valence-corrected chi connectivity index (χ0v) is 10.7. The van der Waals surface area contributed by atoms with Crippen LogP contribution in [0.25, 0.3) is 0 Å². The molecule has 3 rings (SSSR count). The molecule has 4 heteroatoms. The van der Waals surface area contributed by atoms with E-state index in [4.69, 9.17) is 0 Å². The van der Waals surface area contributed by atoms with Gasteiger partial charge in [0.25, 0.3) is 0 Å². The van der Waals surface area contributed by atoms with Crippen LogP contribution in [0.15, 0.2) is 18.3 Å². The van der Waals surface area contributed by atoms with Gasteiger partial charge in [-0.15, -0.1) is 11.3 Å². The standard InChI is InChI=1S/C13H16N2OS/c1-15-10(6-7-14-15)13(16)12-8-9-4-2-3-5-11(9)17-12/h6-8,13,16H,2-5H2,1H3. The van der Waals surface area contributed by atoms with Gasteiger partial charge in [0.2, 0.25) is 0 Å². The van der Waals surface area contributed by atoms with E-state index in [1.165, 1.54) is 36.1 Å². The summed E-state index contributed by atoms with van der Waals surface area (Å²) in [6.45, 7) is 0. The van der Waals surface area contributed by atoms with Crippen molar-refractivity contribution in [1.82, 2.24) is 9.78 Å². The molecule has 0 saturated heterocycles. The van der Waals surface area contributed by atoms with Crippen molar-refractivity contribution in [3.8, 4) is 0 Å². The van der Waals surface area contributed by atoms with E-state index in [9.17, 15) is 5.11 Å². The molecule has 0 fully saturated rings. The third-order valence-corrected chi connectivity index (χ3v) is 4.71.